The number of aryl methyl sites for hydroxylation is 1. The molecule has 0 spiro atoms. The first-order chi connectivity index (χ1) is 8.29. The highest BCUT2D eigenvalue weighted by molar-refractivity contribution is 5.82. The van der Waals surface area contributed by atoms with Gasteiger partial charge in [-0.1, -0.05) is 64.2 Å². The van der Waals surface area contributed by atoms with E-state index in [1.165, 1.54) is 48.6 Å². The summed E-state index contributed by atoms with van der Waals surface area (Å²) >= 11 is 0. The van der Waals surface area contributed by atoms with Gasteiger partial charge in [-0.3, -0.25) is 0 Å². The fourth-order valence-corrected chi connectivity index (χ4v) is 1.89. The number of nitrogens with one attached hydrogen (secondary N) is 1. The molecule has 2 aromatic rings. The van der Waals surface area contributed by atoms with E-state index in [4.69, 9.17) is 0 Å². The van der Waals surface area contributed by atoms with Crippen LogP contribution in [0.1, 0.15) is 51.5 Å². The molecule has 1 nitrogen and oxygen atoms in total. The fraction of sp³-hybridized carbons (Fsp3) is 0.500. The van der Waals surface area contributed by atoms with Crippen LogP contribution in [0, 0.1) is 6.92 Å². The lowest BCUT2D eigenvalue weighted by molar-refractivity contribution is 0.656. The molecule has 0 aliphatic rings. The van der Waals surface area contributed by atoms with Gasteiger partial charge in [-0.15, -0.1) is 0 Å². The van der Waals surface area contributed by atoms with Gasteiger partial charge < -0.3 is 4.98 Å². The van der Waals surface area contributed by atoms with Crippen LogP contribution in [0.2, 0.25) is 0 Å². The number of hydrogen-bond donors (Lipinski definition) is 1. The number of unbranched alkanes of at least 4 members (excludes halogenated alkanes) is 4. The van der Waals surface area contributed by atoms with Gasteiger partial charge in [-0.2, -0.15) is 0 Å². The van der Waals surface area contributed by atoms with Gasteiger partial charge >= 0.3 is 0 Å². The topological polar surface area (TPSA) is 15.8 Å². The maximum atomic E-state index is 3.19. The predicted molar refractivity (Wildman–Crippen MR) is 77.5 cm³/mol. The van der Waals surface area contributed by atoms with E-state index in [9.17, 15) is 0 Å². The number of para-hydroxylation sites is 1. The van der Waals surface area contributed by atoms with E-state index in [0.29, 0.717) is 0 Å². The lowest BCUT2D eigenvalue weighted by atomic mass is 10.2. The van der Waals surface area contributed by atoms with E-state index in [0.717, 1.165) is 0 Å². The van der Waals surface area contributed by atoms with Crippen molar-refractivity contribution in [2.75, 3.05) is 0 Å². The maximum Gasteiger partial charge on any atom is 0.0456 e. The Morgan fingerprint density at radius 2 is 1.59 bits per heavy atom. The van der Waals surface area contributed by atoms with Crippen LogP contribution >= 0.6 is 0 Å². The highest BCUT2D eigenvalue weighted by atomic mass is 14.7. The Labute approximate surface area is 105 Å². The van der Waals surface area contributed by atoms with Crippen molar-refractivity contribution in [1.82, 2.24) is 4.98 Å². The summed E-state index contributed by atoms with van der Waals surface area (Å²) in [5, 5.41) is 1.32. The summed E-state index contributed by atoms with van der Waals surface area (Å²) in [6, 6.07) is 8.31. The lowest BCUT2D eigenvalue weighted by Crippen LogP contribution is -1.70. The molecule has 1 N–H and O–H groups in total. The van der Waals surface area contributed by atoms with Gasteiger partial charge in [-0.25, -0.2) is 0 Å². The van der Waals surface area contributed by atoms with Crippen molar-refractivity contribution >= 4 is 10.9 Å². The second kappa shape index (κ2) is 7.94. The van der Waals surface area contributed by atoms with E-state index >= 15 is 0 Å². The zero-order valence-corrected chi connectivity index (χ0v) is 11.4. The van der Waals surface area contributed by atoms with E-state index in [1.54, 1.807) is 0 Å². The van der Waals surface area contributed by atoms with Gasteiger partial charge in [0.2, 0.25) is 0 Å². The quantitative estimate of drug-likeness (QED) is 0.673. The van der Waals surface area contributed by atoms with Crippen molar-refractivity contribution in [2.24, 2.45) is 0 Å². The van der Waals surface area contributed by atoms with Crippen LogP contribution < -0.4 is 0 Å². The molecule has 0 amide bonds. The summed E-state index contributed by atoms with van der Waals surface area (Å²) in [4.78, 5) is 3.19. The monoisotopic (exact) mass is 231 g/mol. The van der Waals surface area contributed by atoms with Crippen LogP contribution in [0.4, 0.5) is 0 Å². The summed E-state index contributed by atoms with van der Waals surface area (Å²) in [6.45, 7) is 6.60. The summed E-state index contributed by atoms with van der Waals surface area (Å²) in [7, 11) is 0. The fourth-order valence-electron chi connectivity index (χ4n) is 1.89. The first-order valence-electron chi connectivity index (χ1n) is 6.82. The molecular formula is C16H25N. The van der Waals surface area contributed by atoms with Crippen LogP contribution in [0.3, 0.4) is 0 Å². The first kappa shape index (κ1) is 13.8. The van der Waals surface area contributed by atoms with Crippen molar-refractivity contribution in [3.63, 3.8) is 0 Å². The number of benzene rings is 1. The van der Waals surface area contributed by atoms with Gasteiger partial charge in [0.25, 0.3) is 0 Å². The summed E-state index contributed by atoms with van der Waals surface area (Å²) in [5.41, 5.74) is 2.54. The van der Waals surface area contributed by atoms with Crippen LogP contribution in [-0.4, -0.2) is 4.98 Å². The molecule has 1 heterocycles. The Morgan fingerprint density at radius 3 is 2.18 bits per heavy atom. The molecule has 0 saturated carbocycles. The average molecular weight is 231 g/mol. The minimum Gasteiger partial charge on any atom is -0.361 e. The second-order valence-corrected chi connectivity index (χ2v) is 4.58. The van der Waals surface area contributed by atoms with Gasteiger partial charge in [0, 0.05) is 17.1 Å². The number of fused-ring (bicyclic) bond motifs is 1. The molecule has 0 unspecified atom stereocenters. The molecular weight excluding hydrogens is 206 g/mol. The smallest absolute Gasteiger partial charge is 0.0456 e. The van der Waals surface area contributed by atoms with E-state index < -0.39 is 0 Å². The Bertz CT molecular complexity index is 410. The molecule has 0 radical (unpaired) electrons. The minimum atomic E-state index is 1.22. The second-order valence-electron chi connectivity index (χ2n) is 4.58. The summed E-state index contributed by atoms with van der Waals surface area (Å²) in [5.74, 6) is 0. The largest absolute Gasteiger partial charge is 0.361 e. The van der Waals surface area contributed by atoms with Gasteiger partial charge in [0.1, 0.15) is 0 Å². The van der Waals surface area contributed by atoms with Crippen LogP contribution in [0.15, 0.2) is 30.5 Å². The molecule has 1 heteroatoms. The molecule has 0 aliphatic heterocycles. The number of rotatable bonds is 4. The van der Waals surface area contributed by atoms with Crippen molar-refractivity contribution in [3.05, 3.63) is 36.0 Å². The third kappa shape index (κ3) is 4.64. The average Bonchev–Trinajstić information content (AvgIpc) is 2.74. The molecule has 2 rings (SSSR count). The summed E-state index contributed by atoms with van der Waals surface area (Å²) < 4.78 is 0. The van der Waals surface area contributed by atoms with Gasteiger partial charge in [-0.05, 0) is 18.6 Å². The third-order valence-electron chi connectivity index (χ3n) is 3.00. The van der Waals surface area contributed by atoms with Crippen molar-refractivity contribution in [3.8, 4) is 0 Å². The highest BCUT2D eigenvalue weighted by Gasteiger charge is 1.94. The molecule has 0 saturated heterocycles. The van der Waals surface area contributed by atoms with Crippen molar-refractivity contribution in [1.29, 1.82) is 0 Å². The normalized spacial score (nSPS) is 10.1. The Morgan fingerprint density at radius 1 is 0.941 bits per heavy atom. The molecule has 0 aliphatic carbocycles. The Kier molecular flexibility index (Phi) is 6.46. The van der Waals surface area contributed by atoms with Crippen LogP contribution in [0.25, 0.3) is 10.9 Å². The molecule has 0 bridgehead atoms. The lowest BCUT2D eigenvalue weighted by Gasteiger charge is -1.90. The van der Waals surface area contributed by atoms with Gasteiger partial charge in [0.05, 0.1) is 0 Å². The first-order valence-corrected chi connectivity index (χ1v) is 6.82. The number of H-pyrrole nitrogens is 1. The van der Waals surface area contributed by atoms with Crippen LogP contribution in [-0.2, 0) is 0 Å². The van der Waals surface area contributed by atoms with Gasteiger partial charge in [0.15, 0.2) is 0 Å². The number of aromatic nitrogens is 1. The molecule has 1 aromatic heterocycles. The molecule has 17 heavy (non-hydrogen) atoms. The summed E-state index contributed by atoms with van der Waals surface area (Å²) in [6.07, 6.45) is 9.04. The maximum absolute atomic E-state index is 3.19. The number of hydrogen-bond acceptors (Lipinski definition) is 0. The molecule has 94 valence electrons. The number of aromatic amines is 1. The Balaban J connectivity index is 0.000000185. The van der Waals surface area contributed by atoms with E-state index in [-0.39, 0.29) is 0 Å². The zero-order chi connectivity index (χ0) is 12.5. The van der Waals surface area contributed by atoms with E-state index in [1.807, 2.05) is 12.3 Å². The van der Waals surface area contributed by atoms with Crippen molar-refractivity contribution in [2.45, 2.75) is 52.9 Å². The van der Waals surface area contributed by atoms with E-state index in [2.05, 4.69) is 44.0 Å². The SMILES string of the molecule is CCCCCCC.Cc1c[nH]c2ccccc12. The van der Waals surface area contributed by atoms with Crippen LogP contribution in [0.5, 0.6) is 0 Å². The van der Waals surface area contributed by atoms with Crippen molar-refractivity contribution < 1.29 is 0 Å². The third-order valence-corrected chi connectivity index (χ3v) is 3.00. The molecule has 1 aromatic carbocycles. The standard InChI is InChI=1S/C9H9N.C7H16/c1-7-6-10-9-5-3-2-4-8(7)9;1-3-5-7-6-4-2/h2-6,10H,1H3;3-7H2,1-2H3. The minimum absolute atomic E-state index is 1.22. The molecule has 0 atom stereocenters. The highest BCUT2D eigenvalue weighted by Crippen LogP contribution is 2.15. The zero-order valence-electron chi connectivity index (χ0n) is 11.4. The Hall–Kier alpha value is -1.24. The predicted octanol–water partition coefficient (Wildman–Crippen LogP) is 5.45. The molecule has 0 fully saturated rings.